The molecule has 0 saturated carbocycles. The molecule has 0 spiro atoms. The van der Waals surface area contributed by atoms with Crippen molar-refractivity contribution >= 4 is 34.8 Å². The van der Waals surface area contributed by atoms with Crippen LogP contribution >= 0.6 is 11.6 Å². The summed E-state index contributed by atoms with van der Waals surface area (Å²) in [4.78, 5) is 36.5. The summed E-state index contributed by atoms with van der Waals surface area (Å²) in [5.74, 6) is -1.40. The molecule has 6 nitrogen and oxygen atoms in total. The molecule has 0 saturated heterocycles. The van der Waals surface area contributed by atoms with Crippen LogP contribution in [0.3, 0.4) is 0 Å². The van der Waals surface area contributed by atoms with Crippen molar-refractivity contribution in [3.8, 4) is 0 Å². The summed E-state index contributed by atoms with van der Waals surface area (Å²) in [5, 5.41) is 5.43. The third-order valence-electron chi connectivity index (χ3n) is 4.10. The molecule has 1 aromatic heterocycles. The van der Waals surface area contributed by atoms with Gasteiger partial charge in [-0.15, -0.1) is 0 Å². The first-order valence-corrected chi connectivity index (χ1v) is 9.04. The zero-order chi connectivity index (χ0) is 21.0. The highest BCUT2D eigenvalue weighted by Crippen LogP contribution is 2.20. The SMILES string of the molecule is CC(=O)Nc1cccc(NC(=O)c2cccn(Cc3c(F)cccc3Cl)c2=O)c1. The molecular weight excluding hydrogens is 397 g/mol. The van der Waals surface area contributed by atoms with E-state index in [0.717, 1.165) is 0 Å². The van der Waals surface area contributed by atoms with Gasteiger partial charge in [-0.2, -0.15) is 0 Å². The van der Waals surface area contributed by atoms with Crippen molar-refractivity contribution in [2.24, 2.45) is 0 Å². The molecule has 3 aromatic rings. The smallest absolute Gasteiger partial charge is 0.263 e. The van der Waals surface area contributed by atoms with Crippen LogP contribution in [0.25, 0.3) is 0 Å². The first-order chi connectivity index (χ1) is 13.8. The van der Waals surface area contributed by atoms with Gasteiger partial charge in [-0.25, -0.2) is 4.39 Å². The second-order valence-corrected chi connectivity index (χ2v) is 6.68. The van der Waals surface area contributed by atoms with E-state index in [0.29, 0.717) is 11.4 Å². The van der Waals surface area contributed by atoms with Gasteiger partial charge in [-0.3, -0.25) is 14.4 Å². The van der Waals surface area contributed by atoms with Crippen LogP contribution in [0.4, 0.5) is 15.8 Å². The highest BCUT2D eigenvalue weighted by molar-refractivity contribution is 6.31. The lowest BCUT2D eigenvalue weighted by atomic mass is 10.2. The van der Waals surface area contributed by atoms with Crippen molar-refractivity contribution in [1.82, 2.24) is 4.57 Å². The third kappa shape index (κ3) is 4.89. The Bertz CT molecular complexity index is 1120. The molecule has 0 aliphatic rings. The number of anilines is 2. The van der Waals surface area contributed by atoms with Crippen molar-refractivity contribution in [3.63, 3.8) is 0 Å². The summed E-state index contributed by atoms with van der Waals surface area (Å²) in [6, 6.07) is 13.7. The summed E-state index contributed by atoms with van der Waals surface area (Å²) in [7, 11) is 0. The lowest BCUT2D eigenvalue weighted by molar-refractivity contribution is -0.114. The van der Waals surface area contributed by atoms with Gasteiger partial charge in [0, 0.05) is 35.1 Å². The molecule has 2 aromatic carbocycles. The monoisotopic (exact) mass is 413 g/mol. The zero-order valence-electron chi connectivity index (χ0n) is 15.4. The van der Waals surface area contributed by atoms with Crippen LogP contribution < -0.4 is 16.2 Å². The molecule has 0 unspecified atom stereocenters. The second-order valence-electron chi connectivity index (χ2n) is 6.27. The van der Waals surface area contributed by atoms with E-state index < -0.39 is 17.3 Å². The predicted molar refractivity (Wildman–Crippen MR) is 110 cm³/mol. The predicted octanol–water partition coefficient (Wildman–Crippen LogP) is 3.90. The van der Waals surface area contributed by atoms with E-state index in [9.17, 15) is 18.8 Å². The maximum atomic E-state index is 14.0. The summed E-state index contributed by atoms with van der Waals surface area (Å²) >= 11 is 6.03. The molecule has 0 atom stereocenters. The van der Waals surface area contributed by atoms with E-state index in [1.54, 1.807) is 24.3 Å². The minimum Gasteiger partial charge on any atom is -0.326 e. The fourth-order valence-corrected chi connectivity index (χ4v) is 2.99. The second kappa shape index (κ2) is 8.70. The fourth-order valence-electron chi connectivity index (χ4n) is 2.76. The van der Waals surface area contributed by atoms with Crippen molar-refractivity contribution < 1.29 is 14.0 Å². The highest BCUT2D eigenvalue weighted by Gasteiger charge is 2.15. The van der Waals surface area contributed by atoms with Gasteiger partial charge in [0.1, 0.15) is 11.4 Å². The van der Waals surface area contributed by atoms with Gasteiger partial charge in [0.25, 0.3) is 11.5 Å². The number of hydrogen-bond donors (Lipinski definition) is 2. The number of halogens is 2. The average molecular weight is 414 g/mol. The van der Waals surface area contributed by atoms with Crippen molar-refractivity contribution in [1.29, 1.82) is 0 Å². The van der Waals surface area contributed by atoms with E-state index in [-0.39, 0.29) is 28.6 Å². The van der Waals surface area contributed by atoms with Crippen molar-refractivity contribution in [2.75, 3.05) is 10.6 Å². The van der Waals surface area contributed by atoms with Crippen LogP contribution in [-0.2, 0) is 11.3 Å². The maximum absolute atomic E-state index is 14.0. The Labute approximate surface area is 170 Å². The molecule has 0 aliphatic carbocycles. The van der Waals surface area contributed by atoms with Gasteiger partial charge in [0.2, 0.25) is 5.91 Å². The first-order valence-electron chi connectivity index (χ1n) is 8.66. The number of benzene rings is 2. The molecule has 3 rings (SSSR count). The van der Waals surface area contributed by atoms with Gasteiger partial charge in [0.15, 0.2) is 0 Å². The molecule has 29 heavy (non-hydrogen) atoms. The Morgan fingerprint density at radius 3 is 2.41 bits per heavy atom. The summed E-state index contributed by atoms with van der Waals surface area (Å²) < 4.78 is 15.2. The first kappa shape index (κ1) is 20.3. The number of amides is 2. The number of carbonyl (C=O) groups is 2. The van der Waals surface area contributed by atoms with Crippen molar-refractivity contribution in [3.05, 3.63) is 93.1 Å². The molecule has 2 N–H and O–H groups in total. The largest absolute Gasteiger partial charge is 0.326 e. The quantitative estimate of drug-likeness (QED) is 0.665. The summed E-state index contributed by atoms with van der Waals surface area (Å²) in [5.41, 5.74) is 0.396. The molecule has 0 fully saturated rings. The van der Waals surface area contributed by atoms with Gasteiger partial charge >= 0.3 is 0 Å². The van der Waals surface area contributed by atoms with Crippen LogP contribution in [0.1, 0.15) is 22.8 Å². The normalized spacial score (nSPS) is 10.4. The van der Waals surface area contributed by atoms with E-state index in [1.165, 1.54) is 48.0 Å². The number of rotatable bonds is 5. The molecule has 2 amide bonds. The summed E-state index contributed by atoms with van der Waals surface area (Å²) in [6.07, 6.45) is 1.46. The average Bonchev–Trinajstić information content (AvgIpc) is 2.65. The zero-order valence-corrected chi connectivity index (χ0v) is 16.2. The lowest BCUT2D eigenvalue weighted by Crippen LogP contribution is -2.29. The fraction of sp³-hybridized carbons (Fsp3) is 0.0952. The molecule has 0 bridgehead atoms. The van der Waals surface area contributed by atoms with Gasteiger partial charge in [0.05, 0.1) is 6.54 Å². The molecular formula is C21H17ClFN3O3. The van der Waals surface area contributed by atoms with Gasteiger partial charge < -0.3 is 15.2 Å². The Balaban J connectivity index is 1.85. The van der Waals surface area contributed by atoms with Crippen LogP contribution in [0.15, 0.2) is 65.6 Å². The van der Waals surface area contributed by atoms with Gasteiger partial charge in [-0.05, 0) is 42.5 Å². The number of carbonyl (C=O) groups excluding carboxylic acids is 2. The Kier molecular flexibility index (Phi) is 6.09. The van der Waals surface area contributed by atoms with Crippen LogP contribution in [0.5, 0.6) is 0 Å². The molecule has 8 heteroatoms. The lowest BCUT2D eigenvalue weighted by Gasteiger charge is -2.11. The topological polar surface area (TPSA) is 80.2 Å². The molecule has 148 valence electrons. The molecule has 1 heterocycles. The Morgan fingerprint density at radius 2 is 1.72 bits per heavy atom. The number of aromatic nitrogens is 1. The summed E-state index contributed by atoms with van der Waals surface area (Å²) in [6.45, 7) is 1.27. The van der Waals surface area contributed by atoms with Crippen LogP contribution in [-0.4, -0.2) is 16.4 Å². The standard InChI is InChI=1S/C21H17ClFN3O3/c1-13(27)24-14-5-2-6-15(11-14)25-20(28)16-7-4-10-26(21(16)29)12-17-18(22)8-3-9-19(17)23/h2-11H,12H2,1H3,(H,24,27)(H,25,28). The van der Waals surface area contributed by atoms with Crippen LogP contribution in [0, 0.1) is 5.82 Å². The van der Waals surface area contributed by atoms with Crippen molar-refractivity contribution in [2.45, 2.75) is 13.5 Å². The Morgan fingerprint density at radius 1 is 1.03 bits per heavy atom. The number of nitrogens with one attached hydrogen (secondary N) is 2. The van der Waals surface area contributed by atoms with E-state index >= 15 is 0 Å². The van der Waals surface area contributed by atoms with E-state index in [2.05, 4.69) is 10.6 Å². The minimum absolute atomic E-state index is 0.107. The van der Waals surface area contributed by atoms with E-state index in [1.807, 2.05) is 0 Å². The minimum atomic E-state index is -0.621. The van der Waals surface area contributed by atoms with E-state index in [4.69, 9.17) is 11.6 Å². The Hall–Kier alpha value is -3.45. The van der Waals surface area contributed by atoms with Gasteiger partial charge in [-0.1, -0.05) is 23.7 Å². The number of pyridine rings is 1. The third-order valence-corrected chi connectivity index (χ3v) is 4.45. The number of nitrogens with zero attached hydrogens (tertiary/aromatic N) is 1. The molecule has 0 radical (unpaired) electrons. The highest BCUT2D eigenvalue weighted by atomic mass is 35.5. The van der Waals surface area contributed by atoms with Crippen LogP contribution in [0.2, 0.25) is 5.02 Å². The number of hydrogen-bond acceptors (Lipinski definition) is 3. The molecule has 0 aliphatic heterocycles. The maximum Gasteiger partial charge on any atom is 0.263 e.